The smallest absolute Gasteiger partial charge is 0.0795 e. The van der Waals surface area contributed by atoms with Crippen molar-refractivity contribution in [1.29, 1.82) is 0 Å². The zero-order chi connectivity index (χ0) is 22.3. The van der Waals surface area contributed by atoms with Crippen LogP contribution in [0.1, 0.15) is 103 Å². The Hall–Kier alpha value is -1.12. The van der Waals surface area contributed by atoms with Gasteiger partial charge in [-0.3, -0.25) is 0 Å². The van der Waals surface area contributed by atoms with E-state index in [0.29, 0.717) is 0 Å². The summed E-state index contributed by atoms with van der Waals surface area (Å²) < 4.78 is 0. The Morgan fingerprint density at radius 1 is 0.594 bits per heavy atom. The van der Waals surface area contributed by atoms with Crippen molar-refractivity contribution in [1.82, 2.24) is 0 Å². The lowest BCUT2D eigenvalue weighted by molar-refractivity contribution is 0.536. The highest BCUT2D eigenvalue weighted by Crippen LogP contribution is 2.45. The molecule has 0 spiro atoms. The molecule has 174 valence electrons. The SMILES string of the molecule is CCCCCCCCCCCCCCCCC=C[S+]1c2ccccc2Sc2ccccc21. The number of benzene rings is 2. The van der Waals surface area contributed by atoms with E-state index < -0.39 is 0 Å². The molecule has 0 bridgehead atoms. The van der Waals surface area contributed by atoms with E-state index >= 15 is 0 Å². The molecule has 0 aliphatic carbocycles. The Kier molecular flexibility index (Phi) is 12.5. The van der Waals surface area contributed by atoms with Crippen LogP contribution in [0.3, 0.4) is 0 Å². The zero-order valence-electron chi connectivity index (χ0n) is 20.2. The molecule has 0 atom stereocenters. The lowest BCUT2D eigenvalue weighted by atomic mass is 10.0. The minimum Gasteiger partial charge on any atom is -0.0795 e. The fourth-order valence-electron chi connectivity index (χ4n) is 4.44. The highest BCUT2D eigenvalue weighted by molar-refractivity contribution is 8.05. The summed E-state index contributed by atoms with van der Waals surface area (Å²) in [5, 5.41) is 2.49. The molecule has 0 nitrogen and oxygen atoms in total. The van der Waals surface area contributed by atoms with Gasteiger partial charge in [0.25, 0.3) is 0 Å². The first kappa shape index (κ1) is 25.5. The molecular formula is C30H43S2+. The summed E-state index contributed by atoms with van der Waals surface area (Å²) in [7, 11) is 0.0867. The van der Waals surface area contributed by atoms with Gasteiger partial charge in [0, 0.05) is 0 Å². The van der Waals surface area contributed by atoms with Gasteiger partial charge in [0.05, 0.1) is 20.7 Å². The molecule has 1 heterocycles. The van der Waals surface area contributed by atoms with Gasteiger partial charge in [0.2, 0.25) is 0 Å². The van der Waals surface area contributed by atoms with Crippen LogP contribution in [0, 0.1) is 0 Å². The van der Waals surface area contributed by atoms with Crippen molar-refractivity contribution in [3.8, 4) is 0 Å². The second-order valence-corrected chi connectivity index (χ2v) is 12.0. The molecule has 2 aromatic carbocycles. The first-order valence-electron chi connectivity index (χ1n) is 13.2. The number of allylic oxidation sites excluding steroid dienone is 1. The third-order valence-corrected chi connectivity index (χ3v) is 9.88. The van der Waals surface area contributed by atoms with Crippen LogP contribution >= 0.6 is 11.8 Å². The van der Waals surface area contributed by atoms with Gasteiger partial charge in [0.1, 0.15) is 5.41 Å². The van der Waals surface area contributed by atoms with E-state index in [0.717, 1.165) is 0 Å². The van der Waals surface area contributed by atoms with Gasteiger partial charge in [-0.15, -0.1) is 0 Å². The van der Waals surface area contributed by atoms with E-state index in [4.69, 9.17) is 0 Å². The van der Waals surface area contributed by atoms with E-state index in [2.05, 4.69) is 66.9 Å². The fraction of sp³-hybridized carbons (Fsp3) is 0.533. The molecule has 0 fully saturated rings. The van der Waals surface area contributed by atoms with Gasteiger partial charge < -0.3 is 0 Å². The fourth-order valence-corrected chi connectivity index (χ4v) is 7.97. The number of hydrogen-bond acceptors (Lipinski definition) is 1. The maximum Gasteiger partial charge on any atom is 0.179 e. The number of rotatable bonds is 16. The van der Waals surface area contributed by atoms with Crippen LogP contribution in [-0.2, 0) is 10.9 Å². The van der Waals surface area contributed by atoms with Gasteiger partial charge in [0.15, 0.2) is 9.79 Å². The molecule has 0 saturated heterocycles. The number of unbranched alkanes of at least 4 members (excludes halogenated alkanes) is 14. The third kappa shape index (κ3) is 8.67. The Morgan fingerprint density at radius 3 is 1.53 bits per heavy atom. The summed E-state index contributed by atoms with van der Waals surface area (Å²) in [6.07, 6.45) is 23.7. The van der Waals surface area contributed by atoms with Crippen LogP contribution in [0.25, 0.3) is 0 Å². The van der Waals surface area contributed by atoms with Crippen molar-refractivity contribution in [2.24, 2.45) is 0 Å². The molecule has 3 rings (SSSR count). The van der Waals surface area contributed by atoms with E-state index in [1.165, 1.54) is 116 Å². The highest BCUT2D eigenvalue weighted by atomic mass is 32.2. The van der Waals surface area contributed by atoms with Crippen molar-refractivity contribution in [3.63, 3.8) is 0 Å². The second-order valence-electron chi connectivity index (χ2n) is 9.09. The van der Waals surface area contributed by atoms with Crippen molar-refractivity contribution in [3.05, 3.63) is 60.0 Å². The Labute approximate surface area is 205 Å². The van der Waals surface area contributed by atoms with Gasteiger partial charge >= 0.3 is 0 Å². The van der Waals surface area contributed by atoms with Crippen molar-refractivity contribution in [2.75, 3.05) is 0 Å². The minimum atomic E-state index is 0.0867. The predicted molar refractivity (Wildman–Crippen MR) is 145 cm³/mol. The van der Waals surface area contributed by atoms with Crippen LogP contribution in [-0.4, -0.2) is 0 Å². The Morgan fingerprint density at radius 2 is 1.03 bits per heavy atom. The third-order valence-electron chi connectivity index (χ3n) is 6.35. The standard InChI is InChI=1S/C30H43S2/c1-2-3-4-5-6-7-8-9-10-11-12-13-14-15-16-21-26-32-29-24-19-17-22-27(29)31-28-23-18-20-25-30(28)32/h17-26H,2-16H2,1H3/q+1. The van der Waals surface area contributed by atoms with E-state index in [9.17, 15) is 0 Å². The first-order valence-corrected chi connectivity index (χ1v) is 15.3. The summed E-state index contributed by atoms with van der Waals surface area (Å²) >= 11 is 1.92. The predicted octanol–water partition coefficient (Wildman–Crippen LogP) is 10.6. The summed E-state index contributed by atoms with van der Waals surface area (Å²) in [5.74, 6) is 0. The molecule has 1 aliphatic rings. The van der Waals surface area contributed by atoms with Gasteiger partial charge in [-0.1, -0.05) is 126 Å². The molecule has 32 heavy (non-hydrogen) atoms. The highest BCUT2D eigenvalue weighted by Gasteiger charge is 2.33. The maximum atomic E-state index is 2.49. The molecule has 0 aromatic heterocycles. The van der Waals surface area contributed by atoms with E-state index in [1.54, 1.807) is 0 Å². The molecule has 2 aromatic rings. The average Bonchev–Trinajstić information content (AvgIpc) is 2.83. The summed E-state index contributed by atoms with van der Waals surface area (Å²) in [4.78, 5) is 5.84. The minimum absolute atomic E-state index is 0.0867. The van der Waals surface area contributed by atoms with Crippen LogP contribution in [0.5, 0.6) is 0 Å². The molecule has 0 saturated carbocycles. The summed E-state index contributed by atoms with van der Waals surface area (Å²) in [6, 6.07) is 17.9. The van der Waals surface area contributed by atoms with Crippen molar-refractivity contribution < 1.29 is 0 Å². The lowest BCUT2D eigenvalue weighted by Gasteiger charge is -2.16. The molecule has 0 unspecified atom stereocenters. The number of hydrogen-bond donors (Lipinski definition) is 0. The molecule has 0 N–H and O–H groups in total. The van der Waals surface area contributed by atoms with Gasteiger partial charge in [-0.2, -0.15) is 0 Å². The van der Waals surface area contributed by atoms with E-state index in [-0.39, 0.29) is 10.9 Å². The largest absolute Gasteiger partial charge is 0.179 e. The van der Waals surface area contributed by atoms with Gasteiger partial charge in [-0.25, -0.2) is 0 Å². The zero-order valence-corrected chi connectivity index (χ0v) is 21.8. The first-order chi connectivity index (χ1) is 15.9. The van der Waals surface area contributed by atoms with Crippen LogP contribution in [0.15, 0.2) is 79.6 Å². The summed E-state index contributed by atoms with van der Waals surface area (Å²) in [6.45, 7) is 2.30. The molecular weight excluding hydrogens is 424 g/mol. The normalized spacial score (nSPS) is 13.4. The van der Waals surface area contributed by atoms with Crippen molar-refractivity contribution in [2.45, 2.75) is 123 Å². The van der Waals surface area contributed by atoms with E-state index in [1.807, 2.05) is 11.8 Å². The summed E-state index contributed by atoms with van der Waals surface area (Å²) in [5.41, 5.74) is 0. The average molecular weight is 468 g/mol. The Balaban J connectivity index is 1.25. The molecule has 0 amide bonds. The topological polar surface area (TPSA) is 0 Å². The molecule has 1 aliphatic heterocycles. The van der Waals surface area contributed by atoms with Crippen LogP contribution < -0.4 is 0 Å². The quantitative estimate of drug-likeness (QED) is 0.175. The molecule has 2 heteroatoms. The molecule has 0 radical (unpaired) electrons. The monoisotopic (exact) mass is 467 g/mol. The maximum absolute atomic E-state index is 2.49. The van der Waals surface area contributed by atoms with Gasteiger partial charge in [-0.05, 0) is 43.2 Å². The van der Waals surface area contributed by atoms with Crippen LogP contribution in [0.4, 0.5) is 0 Å². The number of fused-ring (bicyclic) bond motifs is 2. The second kappa shape index (κ2) is 15.7. The van der Waals surface area contributed by atoms with Crippen LogP contribution in [0.2, 0.25) is 0 Å². The lowest BCUT2D eigenvalue weighted by Crippen LogP contribution is -2.07. The van der Waals surface area contributed by atoms with Crippen molar-refractivity contribution >= 4 is 22.7 Å². The Bertz CT molecular complexity index is 749.